The van der Waals surface area contributed by atoms with Crippen molar-refractivity contribution in [2.24, 2.45) is 17.3 Å². The number of aromatic nitrogens is 1. The standard InChI is InChI=1S/C42H57N5O9S2/c1-6-27-22-42(27,39(50)46-58(52,53)29-15-16-29)45-37(48)32-19-28-23-47(32)38(49)36(25-12-9-8-10-13-25)44-40(51)55-24-41(3,4)17-11-14-26-18-30-31(20-33(26)54-5)43-35(57-7-2)21-34(30)56-28/h6,18,20-21,25,27-29,32,36H,1,7-17,19,22-24H2,2-5H3,(H,44,51)(H,45,48)(H,46,50)/t27-,28-,32+,36+,42?/m1/s1. The van der Waals surface area contributed by atoms with Gasteiger partial charge in [0, 0.05) is 29.9 Å². The lowest BCUT2D eigenvalue weighted by Gasteiger charge is -2.35. The highest BCUT2D eigenvalue weighted by Crippen LogP contribution is 2.46. The lowest BCUT2D eigenvalue weighted by molar-refractivity contribution is -0.142. The number of aryl methyl sites for hydroxylation is 1. The third kappa shape index (κ3) is 9.07. The summed E-state index contributed by atoms with van der Waals surface area (Å²) >= 11 is 1.57. The molecule has 316 valence electrons. The summed E-state index contributed by atoms with van der Waals surface area (Å²) < 4.78 is 46.3. The van der Waals surface area contributed by atoms with Gasteiger partial charge in [-0.25, -0.2) is 18.2 Å². The van der Waals surface area contributed by atoms with Crippen LogP contribution in [-0.2, 0) is 35.6 Å². The Kier molecular flexibility index (Phi) is 12.3. The number of thioether (sulfide) groups is 1. The van der Waals surface area contributed by atoms with E-state index in [4.69, 9.17) is 19.2 Å². The molecule has 5 aliphatic rings. The fourth-order valence-electron chi connectivity index (χ4n) is 8.81. The highest BCUT2D eigenvalue weighted by atomic mass is 32.2. The summed E-state index contributed by atoms with van der Waals surface area (Å²) in [6.45, 7) is 10.1. The van der Waals surface area contributed by atoms with Gasteiger partial charge in [-0.1, -0.05) is 46.1 Å². The van der Waals surface area contributed by atoms with E-state index in [1.807, 2.05) is 39.0 Å². The Morgan fingerprint density at radius 2 is 1.88 bits per heavy atom. The van der Waals surface area contributed by atoms with E-state index < -0.39 is 68.7 Å². The van der Waals surface area contributed by atoms with Crippen LogP contribution in [-0.4, -0.2) is 97.1 Å². The van der Waals surface area contributed by atoms with Gasteiger partial charge >= 0.3 is 6.09 Å². The minimum Gasteiger partial charge on any atom is -0.496 e. The zero-order chi connectivity index (χ0) is 41.4. The molecule has 0 radical (unpaired) electrons. The minimum absolute atomic E-state index is 0.0210. The number of benzene rings is 1. The lowest BCUT2D eigenvalue weighted by Crippen LogP contribution is -2.59. The summed E-state index contributed by atoms with van der Waals surface area (Å²) in [6, 6.07) is 3.79. The Bertz CT molecular complexity index is 2050. The number of amides is 4. The SMILES string of the molecule is C=C[C@@H]1CC1(NC(=O)[C@@H]1C[C@@H]2CN1C(=O)[C@H](C1CCCCC1)NC(=O)OCC(C)(C)CCCc1cc3c(cc(SCC)nc3cc1OC)O2)C(=O)NS(=O)(=O)C1CC1. The number of methoxy groups -OCH3 is 1. The number of hydrogen-bond donors (Lipinski definition) is 3. The maximum absolute atomic E-state index is 14.9. The predicted molar refractivity (Wildman–Crippen MR) is 220 cm³/mol. The molecular weight excluding hydrogens is 783 g/mol. The van der Waals surface area contributed by atoms with Crippen molar-refractivity contribution >= 4 is 56.5 Å². The molecule has 3 saturated carbocycles. The molecule has 5 atom stereocenters. The van der Waals surface area contributed by atoms with Crippen LogP contribution in [0, 0.1) is 17.3 Å². The van der Waals surface area contributed by atoms with E-state index in [0.29, 0.717) is 36.3 Å². The van der Waals surface area contributed by atoms with Crippen LogP contribution in [0.15, 0.2) is 35.9 Å². The van der Waals surface area contributed by atoms with Crippen molar-refractivity contribution in [3.8, 4) is 11.5 Å². The number of alkyl carbamates (subject to hydrolysis) is 1. The Hall–Kier alpha value is -4.05. The molecule has 7 rings (SSSR count). The van der Waals surface area contributed by atoms with Gasteiger partial charge in [-0.2, -0.15) is 0 Å². The van der Waals surface area contributed by atoms with E-state index in [2.05, 4.69) is 21.9 Å². The Labute approximate surface area is 345 Å². The summed E-state index contributed by atoms with van der Waals surface area (Å²) in [4.78, 5) is 63.1. The van der Waals surface area contributed by atoms with Gasteiger partial charge < -0.3 is 29.7 Å². The normalized spacial score (nSPS) is 28.0. The number of sulfonamides is 1. The van der Waals surface area contributed by atoms with Gasteiger partial charge in [-0.05, 0) is 80.1 Å². The number of nitrogens with one attached hydrogen (secondary N) is 3. The van der Waals surface area contributed by atoms with Crippen LogP contribution in [0.25, 0.3) is 10.9 Å². The number of hydrogen-bond acceptors (Lipinski definition) is 11. The average Bonchev–Trinajstić information content (AvgIpc) is 4.12. The topological polar surface area (TPSA) is 182 Å². The molecule has 16 heteroatoms. The van der Waals surface area contributed by atoms with Crippen molar-refractivity contribution in [3.05, 3.63) is 36.4 Å². The first-order chi connectivity index (χ1) is 27.7. The van der Waals surface area contributed by atoms with Crippen molar-refractivity contribution < 1.29 is 41.8 Å². The molecule has 3 heterocycles. The van der Waals surface area contributed by atoms with Crippen molar-refractivity contribution in [3.63, 3.8) is 0 Å². The van der Waals surface area contributed by atoms with Crippen LogP contribution in [0.5, 0.6) is 11.5 Å². The third-order valence-corrected chi connectivity index (χ3v) is 15.0. The van der Waals surface area contributed by atoms with E-state index in [1.165, 1.54) is 11.0 Å². The van der Waals surface area contributed by atoms with Gasteiger partial charge in [0.05, 0.1) is 31.0 Å². The molecule has 2 aliphatic heterocycles. The zero-order valence-corrected chi connectivity index (χ0v) is 35.6. The summed E-state index contributed by atoms with van der Waals surface area (Å²) in [5.74, 6) is -0.517. The molecular formula is C42H57N5O9S2. The summed E-state index contributed by atoms with van der Waals surface area (Å²) in [6.07, 6.45) is 7.86. The summed E-state index contributed by atoms with van der Waals surface area (Å²) in [5.41, 5.74) is -0.244. The molecule has 0 spiro atoms. The lowest BCUT2D eigenvalue weighted by atomic mass is 9.83. The van der Waals surface area contributed by atoms with E-state index in [1.54, 1.807) is 18.9 Å². The molecule has 1 aromatic carbocycles. The van der Waals surface area contributed by atoms with E-state index in [9.17, 15) is 27.6 Å². The van der Waals surface area contributed by atoms with Crippen LogP contribution >= 0.6 is 11.8 Å². The largest absolute Gasteiger partial charge is 0.496 e. The number of rotatable bonds is 10. The Morgan fingerprint density at radius 1 is 1.12 bits per heavy atom. The number of carbonyl (C=O) groups is 4. The molecule has 1 aromatic heterocycles. The number of cyclic esters (lactones) is 1. The number of fused-ring (bicyclic) bond motifs is 3. The third-order valence-electron chi connectivity index (χ3n) is 12.4. The number of pyridine rings is 1. The van der Waals surface area contributed by atoms with Crippen molar-refractivity contribution in [2.45, 2.75) is 132 Å². The molecule has 2 aromatic rings. The molecule has 4 amide bonds. The zero-order valence-electron chi connectivity index (χ0n) is 34.0. The molecule has 58 heavy (non-hydrogen) atoms. The van der Waals surface area contributed by atoms with Crippen LogP contribution in [0.4, 0.5) is 4.79 Å². The second-order valence-corrected chi connectivity index (χ2v) is 20.6. The Morgan fingerprint density at radius 3 is 2.55 bits per heavy atom. The van der Waals surface area contributed by atoms with Crippen molar-refractivity contribution in [2.75, 3.05) is 26.0 Å². The molecule has 3 N–H and O–H groups in total. The minimum atomic E-state index is -3.90. The fraction of sp³-hybridized carbons (Fsp3) is 0.643. The van der Waals surface area contributed by atoms with Crippen LogP contribution in [0.2, 0.25) is 0 Å². The molecule has 1 saturated heterocycles. The first-order valence-electron chi connectivity index (χ1n) is 20.7. The van der Waals surface area contributed by atoms with Gasteiger partial charge in [-0.3, -0.25) is 19.1 Å². The van der Waals surface area contributed by atoms with Crippen molar-refractivity contribution in [1.29, 1.82) is 0 Å². The number of nitrogens with zero attached hydrogens (tertiary/aromatic N) is 2. The van der Waals surface area contributed by atoms with Crippen LogP contribution < -0.4 is 24.8 Å². The smallest absolute Gasteiger partial charge is 0.407 e. The summed E-state index contributed by atoms with van der Waals surface area (Å²) in [5, 5.41) is 6.68. The van der Waals surface area contributed by atoms with Crippen LogP contribution in [0.3, 0.4) is 0 Å². The van der Waals surface area contributed by atoms with Crippen LogP contribution in [0.1, 0.15) is 97.0 Å². The molecule has 1 unspecified atom stereocenters. The molecule has 4 fully saturated rings. The molecule has 4 bridgehead atoms. The van der Waals surface area contributed by atoms with E-state index >= 15 is 0 Å². The number of ether oxygens (including phenoxy) is 3. The maximum Gasteiger partial charge on any atom is 0.407 e. The highest BCUT2D eigenvalue weighted by Gasteiger charge is 2.62. The second-order valence-electron chi connectivity index (χ2n) is 17.4. The highest BCUT2D eigenvalue weighted by molar-refractivity contribution is 7.99. The van der Waals surface area contributed by atoms with Gasteiger partial charge in [0.25, 0.3) is 5.91 Å². The maximum atomic E-state index is 14.9. The van der Waals surface area contributed by atoms with Gasteiger partial charge in [0.2, 0.25) is 21.8 Å². The van der Waals surface area contributed by atoms with Gasteiger partial charge in [0.15, 0.2) is 0 Å². The first-order valence-corrected chi connectivity index (χ1v) is 23.3. The second kappa shape index (κ2) is 16.9. The number of carbonyl (C=O) groups excluding carboxylic acids is 4. The quantitative estimate of drug-likeness (QED) is 0.206. The molecule has 14 nitrogen and oxygen atoms in total. The van der Waals surface area contributed by atoms with Gasteiger partial charge in [0.1, 0.15) is 40.3 Å². The van der Waals surface area contributed by atoms with Gasteiger partial charge in [-0.15, -0.1) is 18.3 Å². The first kappa shape index (κ1) is 42.1. The fourth-order valence-corrected chi connectivity index (χ4v) is 10.8. The van der Waals surface area contributed by atoms with Crippen molar-refractivity contribution in [1.82, 2.24) is 25.2 Å². The molecule has 3 aliphatic carbocycles. The van der Waals surface area contributed by atoms with E-state index in [0.717, 1.165) is 66.7 Å². The average molecular weight is 840 g/mol. The van der Waals surface area contributed by atoms with E-state index in [-0.39, 0.29) is 37.3 Å². The monoisotopic (exact) mass is 839 g/mol. The Balaban J connectivity index is 1.27. The summed E-state index contributed by atoms with van der Waals surface area (Å²) in [7, 11) is -2.27. The predicted octanol–water partition coefficient (Wildman–Crippen LogP) is 5.41.